The summed E-state index contributed by atoms with van der Waals surface area (Å²) in [6.45, 7) is 0.978. The lowest BCUT2D eigenvalue weighted by molar-refractivity contribution is -0.114. The Kier molecular flexibility index (Phi) is 2.28. The lowest BCUT2D eigenvalue weighted by Gasteiger charge is -1.89. The number of ketones is 1. The summed E-state index contributed by atoms with van der Waals surface area (Å²) in [6.07, 6.45) is -1.09. The number of halogens is 2. The largest absolute Gasteiger partial charge is 0.409 e. The summed E-state index contributed by atoms with van der Waals surface area (Å²) in [4.78, 5) is 9.81. The Bertz CT molecular complexity index is 138. The van der Waals surface area contributed by atoms with Crippen molar-refractivity contribution in [1.29, 1.82) is 0 Å². The molecule has 0 saturated carbocycles. The SMILES string of the molecule is CC(=O)CP(=O)(F)F. The summed E-state index contributed by atoms with van der Waals surface area (Å²) in [6, 6.07) is 0. The highest BCUT2D eigenvalue weighted by molar-refractivity contribution is 7.54. The fraction of sp³-hybridized carbons (Fsp3) is 0.667. The molecule has 8 heavy (non-hydrogen) atoms. The summed E-state index contributed by atoms with van der Waals surface area (Å²) in [5.41, 5.74) is 0. The quantitative estimate of drug-likeness (QED) is 0.550. The maximum Gasteiger partial charge on any atom is 0.409 e. The van der Waals surface area contributed by atoms with Crippen molar-refractivity contribution in [2.75, 3.05) is 6.16 Å². The molecule has 0 aliphatic rings. The zero-order valence-corrected chi connectivity index (χ0v) is 5.12. The molecule has 0 aliphatic carbocycles. The van der Waals surface area contributed by atoms with Gasteiger partial charge in [-0.15, -0.1) is 0 Å². The van der Waals surface area contributed by atoms with Gasteiger partial charge in [-0.25, -0.2) is 4.57 Å². The van der Waals surface area contributed by atoms with Crippen LogP contribution in [0.25, 0.3) is 0 Å². The van der Waals surface area contributed by atoms with E-state index in [-0.39, 0.29) is 0 Å². The van der Waals surface area contributed by atoms with Crippen LogP contribution in [0.3, 0.4) is 0 Å². The molecule has 0 radical (unpaired) electrons. The smallest absolute Gasteiger partial charge is 0.299 e. The van der Waals surface area contributed by atoms with Crippen LogP contribution in [0.2, 0.25) is 0 Å². The number of hydrogen-bond donors (Lipinski definition) is 0. The summed E-state index contributed by atoms with van der Waals surface area (Å²) in [5.74, 6) is -0.738. The normalized spacial score (nSPS) is 11.4. The molecule has 0 aliphatic heterocycles. The van der Waals surface area contributed by atoms with Crippen molar-refractivity contribution in [3.05, 3.63) is 0 Å². The third-order valence-corrected chi connectivity index (χ3v) is 1.22. The van der Waals surface area contributed by atoms with Crippen LogP contribution in [0, 0.1) is 0 Å². The van der Waals surface area contributed by atoms with E-state index >= 15 is 0 Å². The van der Waals surface area contributed by atoms with Crippen LogP contribution in [-0.2, 0) is 9.36 Å². The topological polar surface area (TPSA) is 34.1 Å². The Labute approximate surface area is 45.5 Å². The molecule has 0 rings (SSSR count). The van der Waals surface area contributed by atoms with E-state index in [0.29, 0.717) is 0 Å². The van der Waals surface area contributed by atoms with Crippen molar-refractivity contribution < 1.29 is 17.8 Å². The molecule has 0 amide bonds. The Balaban J connectivity index is 3.74. The molecular weight excluding hydrogens is 137 g/mol. The third-order valence-electron chi connectivity index (χ3n) is 0.407. The highest BCUT2D eigenvalue weighted by atomic mass is 31.2. The zero-order chi connectivity index (χ0) is 6.78. The molecule has 0 heterocycles. The van der Waals surface area contributed by atoms with E-state index in [1.54, 1.807) is 0 Å². The van der Waals surface area contributed by atoms with E-state index in [4.69, 9.17) is 0 Å². The summed E-state index contributed by atoms with van der Waals surface area (Å²) in [7, 11) is -5.07. The molecule has 0 aromatic rings. The molecule has 0 spiro atoms. The molecule has 0 aromatic carbocycles. The Morgan fingerprint density at radius 1 is 1.62 bits per heavy atom. The van der Waals surface area contributed by atoms with Gasteiger partial charge in [0.2, 0.25) is 0 Å². The van der Waals surface area contributed by atoms with Crippen LogP contribution in [0.15, 0.2) is 0 Å². The average Bonchev–Trinajstić information content (AvgIpc) is 1.21. The first kappa shape index (κ1) is 7.76. The van der Waals surface area contributed by atoms with Gasteiger partial charge in [-0.1, -0.05) is 0 Å². The van der Waals surface area contributed by atoms with E-state index in [2.05, 4.69) is 0 Å². The Morgan fingerprint density at radius 3 is 2.00 bits per heavy atom. The first-order valence-corrected chi connectivity index (χ1v) is 3.57. The summed E-state index contributed by atoms with van der Waals surface area (Å²) in [5, 5.41) is 0. The molecule has 0 N–H and O–H groups in total. The standard InChI is InChI=1S/C3H5F2O2P/c1-3(6)2-8(4,5)7/h2H2,1H3. The van der Waals surface area contributed by atoms with E-state index in [0.717, 1.165) is 6.92 Å². The highest BCUT2D eigenvalue weighted by Gasteiger charge is 2.20. The highest BCUT2D eigenvalue weighted by Crippen LogP contribution is 2.48. The molecule has 48 valence electrons. The summed E-state index contributed by atoms with van der Waals surface area (Å²) >= 11 is 0. The fourth-order valence-electron chi connectivity index (χ4n) is 0.259. The van der Waals surface area contributed by atoms with Gasteiger partial charge < -0.3 is 0 Å². The van der Waals surface area contributed by atoms with E-state index in [9.17, 15) is 17.8 Å². The van der Waals surface area contributed by atoms with Gasteiger partial charge in [-0.3, -0.25) is 4.79 Å². The minimum Gasteiger partial charge on any atom is -0.299 e. The molecule has 0 atom stereocenters. The van der Waals surface area contributed by atoms with Gasteiger partial charge in [0, 0.05) is 0 Å². The van der Waals surface area contributed by atoms with Gasteiger partial charge >= 0.3 is 7.76 Å². The molecule has 2 nitrogen and oxygen atoms in total. The maximum atomic E-state index is 11.3. The van der Waals surface area contributed by atoms with Crippen molar-refractivity contribution >= 4 is 13.5 Å². The second-order valence-corrected chi connectivity index (χ2v) is 2.89. The van der Waals surface area contributed by atoms with Gasteiger partial charge in [0.25, 0.3) is 0 Å². The van der Waals surface area contributed by atoms with E-state index in [1.807, 2.05) is 0 Å². The molecule has 0 aromatic heterocycles. The van der Waals surface area contributed by atoms with Crippen LogP contribution in [0.1, 0.15) is 6.92 Å². The van der Waals surface area contributed by atoms with Gasteiger partial charge in [0.05, 0.1) is 0 Å². The first-order chi connectivity index (χ1) is 3.42. The molecule has 0 fully saturated rings. The fourth-order valence-corrected chi connectivity index (χ4v) is 0.778. The average molecular weight is 142 g/mol. The van der Waals surface area contributed by atoms with Gasteiger partial charge in [0.1, 0.15) is 11.9 Å². The van der Waals surface area contributed by atoms with Gasteiger partial charge in [-0.2, -0.15) is 8.39 Å². The van der Waals surface area contributed by atoms with Crippen LogP contribution < -0.4 is 0 Å². The predicted molar refractivity (Wildman–Crippen MR) is 25.4 cm³/mol. The lowest BCUT2D eigenvalue weighted by Crippen LogP contribution is -1.93. The zero-order valence-electron chi connectivity index (χ0n) is 4.23. The maximum absolute atomic E-state index is 11.3. The molecule has 5 heteroatoms. The van der Waals surface area contributed by atoms with Crippen molar-refractivity contribution in [2.24, 2.45) is 0 Å². The lowest BCUT2D eigenvalue weighted by atomic mass is 10.5. The molecular formula is C3H5F2O2P. The van der Waals surface area contributed by atoms with Crippen LogP contribution >= 0.6 is 7.76 Å². The summed E-state index contributed by atoms with van der Waals surface area (Å²) < 4.78 is 32.1. The number of Topliss-reactive ketones (excluding diaryl/α,β-unsaturated/α-hetero) is 1. The molecule has 0 unspecified atom stereocenters. The molecule has 0 bridgehead atoms. The van der Waals surface area contributed by atoms with Crippen LogP contribution in [-0.4, -0.2) is 11.9 Å². The number of carbonyl (C=O) groups excluding carboxylic acids is 1. The number of carbonyl (C=O) groups is 1. The number of rotatable bonds is 2. The van der Waals surface area contributed by atoms with Gasteiger partial charge in [0.15, 0.2) is 0 Å². The minimum absolute atomic E-state index is 0.738. The monoisotopic (exact) mass is 142 g/mol. The Hall–Kier alpha value is -0.240. The van der Waals surface area contributed by atoms with Crippen molar-refractivity contribution in [1.82, 2.24) is 0 Å². The second-order valence-electron chi connectivity index (χ2n) is 1.43. The second kappa shape index (κ2) is 2.35. The van der Waals surface area contributed by atoms with Gasteiger partial charge in [-0.05, 0) is 6.92 Å². The Morgan fingerprint density at radius 2 is 2.00 bits per heavy atom. The minimum atomic E-state index is -5.07. The van der Waals surface area contributed by atoms with Crippen molar-refractivity contribution in [3.8, 4) is 0 Å². The van der Waals surface area contributed by atoms with Crippen LogP contribution in [0.4, 0.5) is 8.39 Å². The van der Waals surface area contributed by atoms with Crippen LogP contribution in [0.5, 0.6) is 0 Å². The van der Waals surface area contributed by atoms with Crippen molar-refractivity contribution in [2.45, 2.75) is 6.92 Å². The van der Waals surface area contributed by atoms with Crippen molar-refractivity contribution in [3.63, 3.8) is 0 Å². The first-order valence-electron chi connectivity index (χ1n) is 1.89. The number of hydrogen-bond acceptors (Lipinski definition) is 2. The predicted octanol–water partition coefficient (Wildman–Crippen LogP) is 1.71. The van der Waals surface area contributed by atoms with E-state index < -0.39 is 19.7 Å². The molecule has 0 saturated heterocycles. The van der Waals surface area contributed by atoms with E-state index in [1.165, 1.54) is 0 Å². The third kappa shape index (κ3) is 5.76.